The lowest BCUT2D eigenvalue weighted by atomic mass is 10.1. The van der Waals surface area contributed by atoms with Crippen molar-refractivity contribution in [2.24, 2.45) is 0 Å². The molecule has 0 fully saturated rings. The van der Waals surface area contributed by atoms with Gasteiger partial charge in [-0.2, -0.15) is 0 Å². The summed E-state index contributed by atoms with van der Waals surface area (Å²) in [6, 6.07) is 0. The maximum Gasteiger partial charge on any atom is 0.397 e. The maximum atomic E-state index is 11.5. The number of ether oxygens (including phenoxy) is 1. The molecule has 6 nitrogen and oxygen atoms in total. The van der Waals surface area contributed by atoms with E-state index < -0.39 is 17.8 Å². The second-order valence-corrected chi connectivity index (χ2v) is 5.15. The molecule has 1 aliphatic carbocycles. The highest BCUT2D eigenvalue weighted by Crippen LogP contribution is 2.38. The van der Waals surface area contributed by atoms with Crippen molar-refractivity contribution in [2.45, 2.75) is 26.2 Å². The molecule has 0 aliphatic heterocycles. The first-order valence-electron chi connectivity index (χ1n) is 5.90. The number of fused-ring (bicyclic) bond motifs is 1. The molecular weight excluding hydrogens is 270 g/mol. The Morgan fingerprint density at radius 3 is 2.74 bits per heavy atom. The van der Waals surface area contributed by atoms with E-state index in [1.807, 2.05) is 0 Å². The Morgan fingerprint density at radius 2 is 2.11 bits per heavy atom. The molecule has 7 heteroatoms. The average molecular weight is 283 g/mol. The number of aryl methyl sites for hydroxylation is 1. The fourth-order valence-electron chi connectivity index (χ4n) is 2.07. The number of carboxylic acid groups (broad SMARTS) is 1. The molecule has 0 bridgehead atoms. The van der Waals surface area contributed by atoms with Crippen LogP contribution in [-0.2, 0) is 27.2 Å². The van der Waals surface area contributed by atoms with Gasteiger partial charge >= 0.3 is 17.8 Å². The molecule has 19 heavy (non-hydrogen) atoms. The molecule has 2 N–H and O–H groups in total. The van der Waals surface area contributed by atoms with Crippen LogP contribution in [0.3, 0.4) is 0 Å². The third-order valence-corrected chi connectivity index (χ3v) is 4.03. The van der Waals surface area contributed by atoms with Crippen molar-refractivity contribution in [1.29, 1.82) is 0 Å². The molecule has 2 rings (SSSR count). The van der Waals surface area contributed by atoms with E-state index in [2.05, 4.69) is 10.1 Å². The summed E-state index contributed by atoms with van der Waals surface area (Å²) >= 11 is 1.22. The van der Waals surface area contributed by atoms with Crippen LogP contribution in [0.4, 0.5) is 5.00 Å². The number of hydrogen-bond acceptors (Lipinski definition) is 5. The van der Waals surface area contributed by atoms with E-state index >= 15 is 0 Å². The monoisotopic (exact) mass is 283 g/mol. The molecule has 1 aromatic heterocycles. The van der Waals surface area contributed by atoms with Crippen molar-refractivity contribution < 1.29 is 24.2 Å². The number of carboxylic acids is 1. The molecule has 0 unspecified atom stereocenters. The molecule has 1 aromatic rings. The normalized spacial score (nSPS) is 12.9. The molecule has 1 heterocycles. The van der Waals surface area contributed by atoms with Gasteiger partial charge in [-0.05, 0) is 31.7 Å². The summed E-state index contributed by atoms with van der Waals surface area (Å²) in [6.45, 7) is 1.69. The molecule has 0 spiro atoms. The van der Waals surface area contributed by atoms with Gasteiger partial charge in [-0.25, -0.2) is 9.59 Å². The summed E-state index contributed by atoms with van der Waals surface area (Å²) in [4.78, 5) is 35.0. The van der Waals surface area contributed by atoms with Crippen LogP contribution in [0.1, 0.15) is 34.1 Å². The Labute approximate surface area is 113 Å². The van der Waals surface area contributed by atoms with Gasteiger partial charge in [-0.1, -0.05) is 0 Å². The third kappa shape index (κ3) is 2.60. The van der Waals surface area contributed by atoms with Crippen LogP contribution in [0.15, 0.2) is 0 Å². The highest BCUT2D eigenvalue weighted by atomic mass is 32.1. The zero-order valence-corrected chi connectivity index (χ0v) is 11.1. The first kappa shape index (κ1) is 13.5. The SMILES string of the molecule is CCOC(=O)C(=O)Nc1sc2c(c1C(=O)O)CCC2. The summed E-state index contributed by atoms with van der Waals surface area (Å²) in [5.74, 6) is -3.03. The quantitative estimate of drug-likeness (QED) is 0.646. The molecular formula is C12H13NO5S. The van der Waals surface area contributed by atoms with Crippen molar-refractivity contribution >= 4 is 34.2 Å². The Balaban J connectivity index is 2.24. The van der Waals surface area contributed by atoms with Gasteiger partial charge in [-0.3, -0.25) is 4.79 Å². The van der Waals surface area contributed by atoms with Crippen LogP contribution in [0.2, 0.25) is 0 Å². The van der Waals surface area contributed by atoms with Crippen LogP contribution in [-0.4, -0.2) is 29.6 Å². The van der Waals surface area contributed by atoms with Gasteiger partial charge in [0.2, 0.25) is 0 Å². The Morgan fingerprint density at radius 1 is 1.37 bits per heavy atom. The summed E-state index contributed by atoms with van der Waals surface area (Å²) in [5, 5.41) is 11.8. The van der Waals surface area contributed by atoms with E-state index in [1.165, 1.54) is 11.3 Å². The first-order chi connectivity index (χ1) is 9.04. The second kappa shape index (κ2) is 5.40. The van der Waals surface area contributed by atoms with Gasteiger partial charge in [0.05, 0.1) is 12.2 Å². The standard InChI is InChI=1S/C12H13NO5S/c1-2-18-12(17)9(14)13-10-8(11(15)16)6-4-3-5-7(6)19-10/h2-5H2,1H3,(H,13,14)(H,15,16). The van der Waals surface area contributed by atoms with Crippen LogP contribution in [0.25, 0.3) is 0 Å². The molecule has 0 atom stereocenters. The van der Waals surface area contributed by atoms with E-state index in [9.17, 15) is 19.5 Å². The summed E-state index contributed by atoms with van der Waals surface area (Å²) in [6.07, 6.45) is 2.44. The highest BCUT2D eigenvalue weighted by Gasteiger charge is 2.28. The number of hydrogen-bond donors (Lipinski definition) is 2. The number of thiophene rings is 1. The molecule has 0 aromatic carbocycles. The number of amides is 1. The van der Waals surface area contributed by atoms with E-state index in [0.717, 1.165) is 23.3 Å². The zero-order valence-electron chi connectivity index (χ0n) is 10.3. The van der Waals surface area contributed by atoms with Gasteiger partial charge in [0.25, 0.3) is 0 Å². The first-order valence-corrected chi connectivity index (χ1v) is 6.72. The minimum atomic E-state index is -1.08. The minimum absolute atomic E-state index is 0.0962. The van der Waals surface area contributed by atoms with Gasteiger partial charge in [-0.15, -0.1) is 11.3 Å². The number of carbonyl (C=O) groups excluding carboxylic acids is 2. The second-order valence-electron chi connectivity index (χ2n) is 4.04. The third-order valence-electron chi connectivity index (χ3n) is 2.82. The number of aromatic carboxylic acids is 1. The molecule has 102 valence electrons. The van der Waals surface area contributed by atoms with Crippen molar-refractivity contribution in [1.82, 2.24) is 0 Å². The van der Waals surface area contributed by atoms with Gasteiger partial charge < -0.3 is 15.2 Å². The Kier molecular flexibility index (Phi) is 3.84. The minimum Gasteiger partial charge on any atom is -0.478 e. The van der Waals surface area contributed by atoms with Crippen LogP contribution in [0, 0.1) is 0 Å². The summed E-state index contributed by atoms with van der Waals surface area (Å²) < 4.78 is 4.56. The van der Waals surface area contributed by atoms with Crippen molar-refractivity contribution in [2.75, 3.05) is 11.9 Å². The van der Waals surface area contributed by atoms with E-state index in [1.54, 1.807) is 6.92 Å². The fourth-order valence-corrected chi connectivity index (χ4v) is 3.35. The fraction of sp³-hybridized carbons (Fsp3) is 0.417. The Hall–Kier alpha value is -1.89. The van der Waals surface area contributed by atoms with E-state index in [0.29, 0.717) is 6.42 Å². The lowest BCUT2D eigenvalue weighted by Crippen LogP contribution is -2.25. The molecule has 0 saturated carbocycles. The number of anilines is 1. The molecule has 1 aliphatic rings. The van der Waals surface area contributed by atoms with Gasteiger partial charge in [0.1, 0.15) is 5.00 Å². The topological polar surface area (TPSA) is 92.7 Å². The predicted molar refractivity (Wildman–Crippen MR) is 68.6 cm³/mol. The van der Waals surface area contributed by atoms with E-state index in [-0.39, 0.29) is 17.2 Å². The van der Waals surface area contributed by atoms with Gasteiger partial charge in [0.15, 0.2) is 0 Å². The summed E-state index contributed by atoms with van der Waals surface area (Å²) in [7, 11) is 0. The van der Waals surface area contributed by atoms with Crippen LogP contribution < -0.4 is 5.32 Å². The van der Waals surface area contributed by atoms with Crippen LogP contribution >= 0.6 is 11.3 Å². The van der Waals surface area contributed by atoms with Crippen molar-refractivity contribution in [3.8, 4) is 0 Å². The molecule has 0 saturated heterocycles. The molecule has 0 radical (unpaired) electrons. The smallest absolute Gasteiger partial charge is 0.397 e. The Bertz CT molecular complexity index is 549. The average Bonchev–Trinajstić information content (AvgIpc) is 2.88. The van der Waals surface area contributed by atoms with E-state index in [4.69, 9.17) is 0 Å². The predicted octanol–water partition coefficient (Wildman–Crippen LogP) is 1.44. The summed E-state index contributed by atoms with van der Waals surface area (Å²) in [5.41, 5.74) is 0.881. The van der Waals surface area contributed by atoms with Crippen LogP contribution in [0.5, 0.6) is 0 Å². The number of rotatable bonds is 3. The van der Waals surface area contributed by atoms with Gasteiger partial charge in [0, 0.05) is 4.88 Å². The highest BCUT2D eigenvalue weighted by molar-refractivity contribution is 7.17. The number of nitrogens with one attached hydrogen (secondary N) is 1. The van der Waals surface area contributed by atoms with Crippen molar-refractivity contribution in [3.63, 3.8) is 0 Å². The lowest BCUT2D eigenvalue weighted by Gasteiger charge is -2.04. The number of carbonyl (C=O) groups is 3. The van der Waals surface area contributed by atoms with Crippen molar-refractivity contribution in [3.05, 3.63) is 16.0 Å². The number of esters is 1. The largest absolute Gasteiger partial charge is 0.478 e. The molecule has 1 amide bonds. The maximum absolute atomic E-state index is 11.5. The zero-order chi connectivity index (χ0) is 14.0. The lowest BCUT2D eigenvalue weighted by molar-refractivity contribution is -0.152.